The SMILES string of the molecule is Cn1nnnc1SCC(=O)ON1C(=O)CCC1=O. The number of tetrazole rings is 1. The summed E-state index contributed by atoms with van der Waals surface area (Å²) in [6.45, 7) is 0. The van der Waals surface area contributed by atoms with Crippen LogP contribution in [0.1, 0.15) is 12.8 Å². The zero-order valence-corrected chi connectivity index (χ0v) is 10.2. The molecule has 0 saturated carbocycles. The molecule has 10 heteroatoms. The van der Waals surface area contributed by atoms with Gasteiger partial charge in [0.25, 0.3) is 11.8 Å². The first-order valence-electron chi connectivity index (χ1n) is 4.99. The summed E-state index contributed by atoms with van der Waals surface area (Å²) in [4.78, 5) is 38.5. The average molecular weight is 271 g/mol. The fourth-order valence-corrected chi connectivity index (χ4v) is 1.87. The van der Waals surface area contributed by atoms with Crippen LogP contribution in [0.2, 0.25) is 0 Å². The number of hydrogen-bond donors (Lipinski definition) is 0. The number of aryl methyl sites for hydroxylation is 1. The summed E-state index contributed by atoms with van der Waals surface area (Å²) in [5.74, 6) is -1.80. The van der Waals surface area contributed by atoms with Gasteiger partial charge in [-0.15, -0.1) is 10.2 Å². The van der Waals surface area contributed by atoms with Gasteiger partial charge in [0, 0.05) is 19.9 Å². The molecule has 0 unspecified atom stereocenters. The van der Waals surface area contributed by atoms with Crippen LogP contribution >= 0.6 is 11.8 Å². The number of carbonyl (C=O) groups excluding carboxylic acids is 3. The first-order valence-corrected chi connectivity index (χ1v) is 5.98. The lowest BCUT2D eigenvalue weighted by Gasteiger charge is -2.11. The highest BCUT2D eigenvalue weighted by atomic mass is 32.2. The van der Waals surface area contributed by atoms with Crippen LogP contribution in [0.25, 0.3) is 0 Å². The molecule has 1 aliphatic heterocycles. The molecule has 0 radical (unpaired) electrons. The molecular weight excluding hydrogens is 262 g/mol. The molecule has 0 atom stereocenters. The molecule has 1 saturated heterocycles. The van der Waals surface area contributed by atoms with Crippen LogP contribution in [0.5, 0.6) is 0 Å². The van der Waals surface area contributed by atoms with E-state index in [2.05, 4.69) is 20.4 Å². The Morgan fingerprint density at radius 1 is 1.39 bits per heavy atom. The minimum absolute atomic E-state index is 0.0759. The minimum Gasteiger partial charge on any atom is -0.329 e. The fraction of sp³-hybridized carbons (Fsp3) is 0.500. The Balaban J connectivity index is 1.84. The van der Waals surface area contributed by atoms with Gasteiger partial charge in [0.05, 0.1) is 0 Å². The van der Waals surface area contributed by atoms with Gasteiger partial charge in [-0.1, -0.05) is 11.8 Å². The summed E-state index contributed by atoms with van der Waals surface area (Å²) in [5, 5.41) is 11.6. The Hall–Kier alpha value is -1.97. The Kier molecular flexibility index (Phi) is 3.55. The molecule has 2 amide bonds. The van der Waals surface area contributed by atoms with E-state index >= 15 is 0 Å². The fourth-order valence-electron chi connectivity index (χ4n) is 1.25. The van der Waals surface area contributed by atoms with Crippen LogP contribution in [0.3, 0.4) is 0 Å². The highest BCUT2D eigenvalue weighted by molar-refractivity contribution is 7.99. The molecule has 2 rings (SSSR count). The second-order valence-corrected chi connectivity index (χ2v) is 4.36. The average Bonchev–Trinajstić information content (AvgIpc) is 2.87. The van der Waals surface area contributed by atoms with E-state index in [0.717, 1.165) is 11.8 Å². The standard InChI is InChI=1S/C8H9N5O4S/c1-12-8(9-10-11-12)18-4-7(16)17-13-5(14)2-3-6(13)15/h2-4H2,1H3. The molecular formula is C8H9N5O4S. The third kappa shape index (κ3) is 2.64. The number of aromatic nitrogens is 4. The zero-order valence-electron chi connectivity index (χ0n) is 9.40. The number of hydroxylamine groups is 2. The lowest BCUT2D eigenvalue weighted by atomic mass is 10.4. The van der Waals surface area contributed by atoms with Gasteiger partial charge in [-0.3, -0.25) is 9.59 Å². The van der Waals surface area contributed by atoms with E-state index in [4.69, 9.17) is 0 Å². The Labute approximate surface area is 105 Å². The Morgan fingerprint density at radius 3 is 2.61 bits per heavy atom. The van der Waals surface area contributed by atoms with E-state index in [-0.39, 0.29) is 18.6 Å². The van der Waals surface area contributed by atoms with E-state index in [1.165, 1.54) is 4.68 Å². The topological polar surface area (TPSA) is 107 Å². The van der Waals surface area contributed by atoms with Gasteiger partial charge in [-0.05, 0) is 10.4 Å². The smallest absolute Gasteiger partial charge is 0.329 e. The van der Waals surface area contributed by atoms with E-state index < -0.39 is 17.8 Å². The van der Waals surface area contributed by atoms with Crippen molar-refractivity contribution in [3.8, 4) is 0 Å². The van der Waals surface area contributed by atoms with Gasteiger partial charge in [-0.2, -0.15) is 0 Å². The van der Waals surface area contributed by atoms with Gasteiger partial charge in [0.15, 0.2) is 0 Å². The molecule has 18 heavy (non-hydrogen) atoms. The number of imide groups is 1. The number of carbonyl (C=O) groups is 3. The number of rotatable bonds is 4. The summed E-state index contributed by atoms with van der Waals surface area (Å²) in [6.07, 6.45) is 0.152. The largest absolute Gasteiger partial charge is 0.343 e. The summed E-state index contributed by atoms with van der Waals surface area (Å²) < 4.78 is 1.39. The van der Waals surface area contributed by atoms with E-state index in [1.807, 2.05) is 0 Å². The lowest BCUT2D eigenvalue weighted by molar-refractivity contribution is -0.195. The summed E-state index contributed by atoms with van der Waals surface area (Å²) >= 11 is 1.05. The molecule has 0 aliphatic carbocycles. The molecule has 0 N–H and O–H groups in total. The molecule has 1 fully saturated rings. The molecule has 0 bridgehead atoms. The van der Waals surface area contributed by atoms with Crippen molar-refractivity contribution in [2.24, 2.45) is 7.05 Å². The van der Waals surface area contributed by atoms with Crippen molar-refractivity contribution >= 4 is 29.5 Å². The zero-order chi connectivity index (χ0) is 13.1. The van der Waals surface area contributed by atoms with Gasteiger partial charge < -0.3 is 4.84 Å². The predicted molar refractivity (Wildman–Crippen MR) is 56.7 cm³/mol. The molecule has 1 aromatic heterocycles. The Bertz CT molecular complexity index is 485. The van der Waals surface area contributed by atoms with Crippen molar-refractivity contribution in [2.45, 2.75) is 18.0 Å². The maximum absolute atomic E-state index is 11.4. The first kappa shape index (κ1) is 12.5. The second-order valence-electron chi connectivity index (χ2n) is 3.42. The van der Waals surface area contributed by atoms with Crippen molar-refractivity contribution in [2.75, 3.05) is 5.75 Å². The normalized spacial score (nSPS) is 15.3. The van der Waals surface area contributed by atoms with Crippen molar-refractivity contribution in [3.63, 3.8) is 0 Å². The molecule has 9 nitrogen and oxygen atoms in total. The lowest BCUT2D eigenvalue weighted by Crippen LogP contribution is -2.32. The van der Waals surface area contributed by atoms with Crippen molar-refractivity contribution in [1.82, 2.24) is 25.3 Å². The Morgan fingerprint density at radius 2 is 2.06 bits per heavy atom. The summed E-state index contributed by atoms with van der Waals surface area (Å²) in [6, 6.07) is 0. The van der Waals surface area contributed by atoms with Gasteiger partial charge in [0.2, 0.25) is 5.16 Å². The minimum atomic E-state index is -0.702. The van der Waals surface area contributed by atoms with Gasteiger partial charge >= 0.3 is 5.97 Å². The second kappa shape index (κ2) is 5.12. The molecule has 0 spiro atoms. The van der Waals surface area contributed by atoms with E-state index in [0.29, 0.717) is 10.2 Å². The highest BCUT2D eigenvalue weighted by Crippen LogP contribution is 2.15. The summed E-state index contributed by atoms with van der Waals surface area (Å²) in [7, 11) is 1.63. The van der Waals surface area contributed by atoms with Crippen LogP contribution in [0, 0.1) is 0 Å². The predicted octanol–water partition coefficient (Wildman–Crippen LogP) is -1.09. The molecule has 96 valence electrons. The van der Waals surface area contributed by atoms with E-state index in [1.54, 1.807) is 7.05 Å². The van der Waals surface area contributed by atoms with Gasteiger partial charge in [0.1, 0.15) is 5.75 Å². The van der Waals surface area contributed by atoms with Crippen LogP contribution in [-0.4, -0.2) is 48.8 Å². The number of amides is 2. The first-order chi connectivity index (χ1) is 8.58. The third-order valence-electron chi connectivity index (χ3n) is 2.10. The third-order valence-corrected chi connectivity index (χ3v) is 3.08. The van der Waals surface area contributed by atoms with Crippen molar-refractivity contribution in [3.05, 3.63) is 0 Å². The number of hydrogen-bond acceptors (Lipinski definition) is 8. The van der Waals surface area contributed by atoms with Crippen LogP contribution in [-0.2, 0) is 26.3 Å². The molecule has 1 aliphatic rings. The molecule has 2 heterocycles. The maximum Gasteiger partial charge on any atom is 0.343 e. The number of nitrogens with zero attached hydrogens (tertiary/aromatic N) is 5. The van der Waals surface area contributed by atoms with Crippen LogP contribution < -0.4 is 0 Å². The highest BCUT2D eigenvalue weighted by Gasteiger charge is 2.32. The van der Waals surface area contributed by atoms with Crippen molar-refractivity contribution in [1.29, 1.82) is 0 Å². The van der Waals surface area contributed by atoms with Gasteiger partial charge in [-0.25, -0.2) is 9.48 Å². The molecule has 0 aromatic carbocycles. The van der Waals surface area contributed by atoms with E-state index in [9.17, 15) is 14.4 Å². The summed E-state index contributed by atoms with van der Waals surface area (Å²) in [5.41, 5.74) is 0. The van der Waals surface area contributed by atoms with Crippen molar-refractivity contribution < 1.29 is 19.2 Å². The van der Waals surface area contributed by atoms with Crippen LogP contribution in [0.15, 0.2) is 5.16 Å². The quantitative estimate of drug-likeness (QED) is 0.502. The molecule has 1 aromatic rings. The maximum atomic E-state index is 11.4. The number of thioether (sulfide) groups is 1. The van der Waals surface area contributed by atoms with Crippen LogP contribution in [0.4, 0.5) is 0 Å². The monoisotopic (exact) mass is 271 g/mol.